The zero-order valence-corrected chi connectivity index (χ0v) is 22.1. The maximum Gasteiger partial charge on any atom is 0.346 e. The Morgan fingerprint density at radius 1 is 0.825 bits per heavy atom. The van der Waals surface area contributed by atoms with E-state index in [2.05, 4.69) is 0 Å². The van der Waals surface area contributed by atoms with Gasteiger partial charge >= 0.3 is 5.97 Å². The topological polar surface area (TPSA) is 35.5 Å². The number of carbonyl (C=O) groups is 1. The number of carbonyl (C=O) groups excluding carboxylic acids is 1. The van der Waals surface area contributed by atoms with Gasteiger partial charge < -0.3 is 9.47 Å². The lowest BCUT2D eigenvalue weighted by Gasteiger charge is -2.23. The fourth-order valence-electron chi connectivity index (χ4n) is 4.69. The Morgan fingerprint density at radius 2 is 1.55 bits per heavy atom. The van der Waals surface area contributed by atoms with Gasteiger partial charge in [0.15, 0.2) is 34.8 Å². The van der Waals surface area contributed by atoms with Crippen molar-refractivity contribution in [2.75, 3.05) is 6.61 Å². The fraction of sp³-hybridized carbons (Fsp3) is 0.323. The molecule has 1 aliphatic carbocycles. The Morgan fingerprint density at radius 3 is 2.25 bits per heavy atom. The SMILES string of the molecule is CCCCCOc1ccc(OC(=O)c2ccc(C3=CCC(c4ccc(C)c(F)c4F)CC3)c(F)c2F)c(F)c1F. The lowest BCUT2D eigenvalue weighted by molar-refractivity contribution is 0.0720. The molecule has 3 aromatic rings. The third-order valence-corrected chi connectivity index (χ3v) is 7.02. The van der Waals surface area contributed by atoms with Crippen LogP contribution in [0.15, 0.2) is 42.5 Å². The predicted octanol–water partition coefficient (Wildman–Crippen LogP) is 8.97. The maximum absolute atomic E-state index is 15.0. The molecule has 0 N–H and O–H groups in total. The second kappa shape index (κ2) is 12.6. The highest BCUT2D eigenvalue weighted by Crippen LogP contribution is 2.39. The molecular formula is C31H28F6O3. The van der Waals surface area contributed by atoms with Gasteiger partial charge in [0.25, 0.3) is 0 Å². The molecule has 0 bridgehead atoms. The molecule has 0 spiro atoms. The summed E-state index contributed by atoms with van der Waals surface area (Å²) in [7, 11) is 0. The van der Waals surface area contributed by atoms with Gasteiger partial charge in [0.2, 0.25) is 11.6 Å². The number of aryl methyl sites for hydroxylation is 1. The zero-order chi connectivity index (χ0) is 29.0. The van der Waals surface area contributed by atoms with E-state index in [1.54, 1.807) is 6.08 Å². The standard InChI is InChI=1S/C31H28F6O3/c1-3-4-5-16-39-23-14-15-24(30(37)29(23)36)40-31(38)22-13-12-21(27(34)28(22)35)19-9-7-18(8-10-19)20-11-6-17(2)25(32)26(20)33/h6,9,11-15,18H,3-5,7-8,10,16H2,1-2H3. The van der Waals surface area contributed by atoms with Gasteiger partial charge in [-0.05, 0) is 73.4 Å². The zero-order valence-electron chi connectivity index (χ0n) is 22.1. The average Bonchev–Trinajstić information content (AvgIpc) is 2.95. The summed E-state index contributed by atoms with van der Waals surface area (Å²) in [5.74, 6) is -10.4. The van der Waals surface area contributed by atoms with Crippen molar-refractivity contribution in [1.82, 2.24) is 0 Å². The van der Waals surface area contributed by atoms with Crippen LogP contribution in [0, 0.1) is 41.8 Å². The highest BCUT2D eigenvalue weighted by Gasteiger charge is 2.27. The molecule has 0 saturated heterocycles. The van der Waals surface area contributed by atoms with Gasteiger partial charge in [-0.1, -0.05) is 44.0 Å². The van der Waals surface area contributed by atoms with Crippen molar-refractivity contribution in [2.45, 2.75) is 58.3 Å². The molecule has 9 heteroatoms. The molecular weight excluding hydrogens is 534 g/mol. The van der Waals surface area contributed by atoms with Crippen LogP contribution in [-0.2, 0) is 0 Å². The number of benzene rings is 3. The minimum atomic E-state index is -1.51. The van der Waals surface area contributed by atoms with Crippen LogP contribution in [-0.4, -0.2) is 12.6 Å². The van der Waals surface area contributed by atoms with Gasteiger partial charge in [0.05, 0.1) is 12.2 Å². The van der Waals surface area contributed by atoms with Crippen LogP contribution >= 0.6 is 0 Å². The number of hydrogen-bond donors (Lipinski definition) is 0. The first-order valence-corrected chi connectivity index (χ1v) is 13.1. The van der Waals surface area contributed by atoms with Crippen molar-refractivity contribution >= 4 is 11.5 Å². The first kappa shape index (κ1) is 29.2. The molecule has 3 aromatic carbocycles. The van der Waals surface area contributed by atoms with E-state index in [-0.39, 0.29) is 47.8 Å². The lowest BCUT2D eigenvalue weighted by atomic mass is 9.82. The molecule has 0 radical (unpaired) electrons. The van der Waals surface area contributed by atoms with Crippen LogP contribution in [0.5, 0.6) is 11.5 Å². The monoisotopic (exact) mass is 562 g/mol. The first-order chi connectivity index (χ1) is 19.1. The van der Waals surface area contributed by atoms with E-state index in [4.69, 9.17) is 9.47 Å². The van der Waals surface area contributed by atoms with Crippen LogP contribution in [0.25, 0.3) is 5.57 Å². The number of allylic oxidation sites excluding steroid dienone is 2. The number of esters is 1. The normalized spacial score (nSPS) is 15.1. The van der Waals surface area contributed by atoms with Gasteiger partial charge in [-0.25, -0.2) is 22.4 Å². The largest absolute Gasteiger partial charge is 0.490 e. The molecule has 0 heterocycles. The number of ether oxygens (including phenoxy) is 2. The molecule has 0 amide bonds. The molecule has 4 rings (SSSR count). The highest BCUT2D eigenvalue weighted by atomic mass is 19.2. The summed E-state index contributed by atoms with van der Waals surface area (Å²) >= 11 is 0. The Hall–Kier alpha value is -3.75. The van der Waals surface area contributed by atoms with Crippen molar-refractivity contribution in [2.24, 2.45) is 0 Å². The lowest BCUT2D eigenvalue weighted by Crippen LogP contribution is -2.14. The van der Waals surface area contributed by atoms with Crippen LogP contribution in [0.1, 0.15) is 78.4 Å². The summed E-state index contributed by atoms with van der Waals surface area (Å²) in [5, 5.41) is 0. The fourth-order valence-corrected chi connectivity index (χ4v) is 4.69. The molecule has 40 heavy (non-hydrogen) atoms. The van der Waals surface area contributed by atoms with Gasteiger partial charge in [-0.2, -0.15) is 8.78 Å². The van der Waals surface area contributed by atoms with E-state index in [1.165, 1.54) is 25.1 Å². The minimum absolute atomic E-state index is 0.0927. The summed E-state index contributed by atoms with van der Waals surface area (Å²) in [6.07, 6.45) is 4.97. The Bertz CT molecular complexity index is 1450. The summed E-state index contributed by atoms with van der Waals surface area (Å²) in [6, 6.07) is 7.28. The average molecular weight is 563 g/mol. The Balaban J connectivity index is 1.48. The summed E-state index contributed by atoms with van der Waals surface area (Å²) in [6.45, 7) is 3.63. The first-order valence-electron chi connectivity index (χ1n) is 13.1. The molecule has 0 fully saturated rings. The molecule has 212 valence electrons. The van der Waals surface area contributed by atoms with Crippen molar-refractivity contribution < 1.29 is 40.6 Å². The second-order valence-corrected chi connectivity index (χ2v) is 9.72. The minimum Gasteiger partial charge on any atom is -0.490 e. The third-order valence-electron chi connectivity index (χ3n) is 7.02. The number of halogens is 6. The molecule has 1 unspecified atom stereocenters. The third kappa shape index (κ3) is 6.03. The van der Waals surface area contributed by atoms with Crippen molar-refractivity contribution in [3.05, 3.63) is 99.6 Å². The van der Waals surface area contributed by atoms with Crippen molar-refractivity contribution in [3.8, 4) is 11.5 Å². The predicted molar refractivity (Wildman–Crippen MR) is 138 cm³/mol. The van der Waals surface area contributed by atoms with Crippen LogP contribution < -0.4 is 9.47 Å². The quantitative estimate of drug-likeness (QED) is 0.113. The molecule has 0 aliphatic heterocycles. The number of unbranched alkanes of at least 4 members (excludes halogenated alkanes) is 2. The van der Waals surface area contributed by atoms with E-state index >= 15 is 4.39 Å². The molecule has 1 atom stereocenters. The molecule has 3 nitrogen and oxygen atoms in total. The van der Waals surface area contributed by atoms with Gasteiger partial charge in [0, 0.05) is 5.56 Å². The van der Waals surface area contributed by atoms with Crippen LogP contribution in [0.4, 0.5) is 26.3 Å². The number of rotatable bonds is 9. The van der Waals surface area contributed by atoms with E-state index in [1.807, 2.05) is 6.92 Å². The molecule has 0 aromatic heterocycles. The number of hydrogen-bond acceptors (Lipinski definition) is 3. The summed E-state index contributed by atoms with van der Waals surface area (Å²) in [4.78, 5) is 12.5. The van der Waals surface area contributed by atoms with Crippen molar-refractivity contribution in [1.29, 1.82) is 0 Å². The van der Waals surface area contributed by atoms with Crippen LogP contribution in [0.2, 0.25) is 0 Å². The summed E-state index contributed by atoms with van der Waals surface area (Å²) in [5.41, 5.74) is -0.0236. The van der Waals surface area contributed by atoms with Gasteiger partial charge in [-0.15, -0.1) is 0 Å². The Labute approximate surface area is 228 Å². The maximum atomic E-state index is 15.0. The van der Waals surface area contributed by atoms with Gasteiger partial charge in [0.1, 0.15) is 0 Å². The second-order valence-electron chi connectivity index (χ2n) is 9.72. The van der Waals surface area contributed by atoms with Crippen molar-refractivity contribution in [3.63, 3.8) is 0 Å². The van der Waals surface area contributed by atoms with Crippen LogP contribution in [0.3, 0.4) is 0 Å². The van der Waals surface area contributed by atoms with E-state index < -0.39 is 52.2 Å². The van der Waals surface area contributed by atoms with Gasteiger partial charge in [-0.3, -0.25) is 0 Å². The summed E-state index contributed by atoms with van der Waals surface area (Å²) < 4.78 is 97.2. The molecule has 1 aliphatic rings. The van der Waals surface area contributed by atoms with E-state index in [0.717, 1.165) is 31.0 Å². The Kier molecular flexibility index (Phi) is 9.22. The highest BCUT2D eigenvalue weighted by molar-refractivity contribution is 5.92. The van der Waals surface area contributed by atoms with E-state index in [9.17, 15) is 26.7 Å². The van der Waals surface area contributed by atoms with E-state index in [0.29, 0.717) is 18.4 Å². The smallest absolute Gasteiger partial charge is 0.346 e. The molecule has 0 saturated carbocycles.